The van der Waals surface area contributed by atoms with Gasteiger partial charge in [0.15, 0.2) is 0 Å². The van der Waals surface area contributed by atoms with Crippen molar-refractivity contribution in [3.63, 3.8) is 0 Å². The van der Waals surface area contributed by atoms with Gasteiger partial charge in [0.2, 0.25) is 0 Å². The Morgan fingerprint density at radius 1 is 1.00 bits per heavy atom. The van der Waals surface area contributed by atoms with Crippen LogP contribution >= 0.6 is 0 Å². The first-order valence-corrected chi connectivity index (χ1v) is 7.62. The van der Waals surface area contributed by atoms with E-state index in [2.05, 4.69) is 19.2 Å². The Morgan fingerprint density at radius 3 is 2.37 bits per heavy atom. The molecule has 19 heavy (non-hydrogen) atoms. The Balaban J connectivity index is 1.91. The molecule has 0 bridgehead atoms. The molecule has 2 aliphatic carbocycles. The van der Waals surface area contributed by atoms with Crippen molar-refractivity contribution < 1.29 is 13.2 Å². The van der Waals surface area contributed by atoms with Gasteiger partial charge >= 0.3 is 6.18 Å². The molecule has 0 amide bonds. The van der Waals surface area contributed by atoms with Gasteiger partial charge in [-0.15, -0.1) is 0 Å². The maximum absolute atomic E-state index is 12.8. The molecule has 2 rings (SSSR count). The van der Waals surface area contributed by atoms with Gasteiger partial charge in [-0.25, -0.2) is 0 Å². The number of nitrogens with one attached hydrogen (secondary N) is 1. The van der Waals surface area contributed by atoms with Crippen LogP contribution in [0.3, 0.4) is 0 Å². The van der Waals surface area contributed by atoms with E-state index in [1.54, 1.807) is 0 Å². The molecular weight excluding hydrogens is 251 g/mol. The lowest BCUT2D eigenvalue weighted by molar-refractivity contribution is -0.184. The van der Waals surface area contributed by atoms with Crippen LogP contribution in [0.2, 0.25) is 0 Å². The fraction of sp³-hybridized carbons (Fsp3) is 1.00. The van der Waals surface area contributed by atoms with Gasteiger partial charge in [0, 0.05) is 12.1 Å². The summed E-state index contributed by atoms with van der Waals surface area (Å²) in [5.41, 5.74) is 0.226. The summed E-state index contributed by atoms with van der Waals surface area (Å²) in [6.45, 7) is 4.49. The van der Waals surface area contributed by atoms with Crippen LogP contribution in [-0.2, 0) is 0 Å². The third-order valence-corrected chi connectivity index (χ3v) is 5.08. The van der Waals surface area contributed by atoms with Gasteiger partial charge in [0.1, 0.15) is 0 Å². The molecule has 3 unspecified atom stereocenters. The van der Waals surface area contributed by atoms with Gasteiger partial charge in [-0.1, -0.05) is 33.1 Å². The zero-order valence-corrected chi connectivity index (χ0v) is 12.0. The van der Waals surface area contributed by atoms with Gasteiger partial charge in [0.25, 0.3) is 0 Å². The van der Waals surface area contributed by atoms with Crippen molar-refractivity contribution in [2.24, 2.45) is 11.3 Å². The maximum atomic E-state index is 12.8. The van der Waals surface area contributed by atoms with Crippen LogP contribution in [0.1, 0.15) is 65.2 Å². The van der Waals surface area contributed by atoms with Crippen LogP contribution in [0.5, 0.6) is 0 Å². The monoisotopic (exact) mass is 277 g/mol. The molecule has 0 heterocycles. The highest BCUT2D eigenvalue weighted by Gasteiger charge is 2.43. The van der Waals surface area contributed by atoms with Gasteiger partial charge in [-0.05, 0) is 37.5 Å². The lowest BCUT2D eigenvalue weighted by Gasteiger charge is -2.43. The van der Waals surface area contributed by atoms with E-state index in [1.165, 1.54) is 19.3 Å². The summed E-state index contributed by atoms with van der Waals surface area (Å²) in [6.07, 6.45) is 2.93. The van der Waals surface area contributed by atoms with E-state index in [-0.39, 0.29) is 17.9 Å². The lowest BCUT2D eigenvalue weighted by atomic mass is 9.72. The Morgan fingerprint density at radius 2 is 1.74 bits per heavy atom. The molecule has 1 nitrogen and oxygen atoms in total. The summed E-state index contributed by atoms with van der Waals surface area (Å²) in [6, 6.07) is 0.445. The number of hydrogen-bond acceptors (Lipinski definition) is 1. The van der Waals surface area contributed by atoms with Crippen LogP contribution in [0.4, 0.5) is 13.2 Å². The Bertz CT molecular complexity index is 298. The molecule has 0 aliphatic heterocycles. The first-order chi connectivity index (χ1) is 8.79. The second-order valence-corrected chi connectivity index (χ2v) is 7.06. The Hall–Kier alpha value is -0.250. The molecule has 3 atom stereocenters. The van der Waals surface area contributed by atoms with Crippen LogP contribution in [0.15, 0.2) is 0 Å². The summed E-state index contributed by atoms with van der Waals surface area (Å²) in [5.74, 6) is -1.09. The summed E-state index contributed by atoms with van der Waals surface area (Å²) in [5, 5.41) is 3.55. The number of rotatable bonds is 2. The molecular formula is C15H26F3N. The minimum Gasteiger partial charge on any atom is -0.311 e. The van der Waals surface area contributed by atoms with Crippen LogP contribution in [-0.4, -0.2) is 18.3 Å². The van der Waals surface area contributed by atoms with E-state index in [4.69, 9.17) is 0 Å². The van der Waals surface area contributed by atoms with Gasteiger partial charge in [0.05, 0.1) is 5.92 Å². The molecule has 1 N–H and O–H groups in total. The average Bonchev–Trinajstić information content (AvgIpc) is 2.31. The highest BCUT2D eigenvalue weighted by atomic mass is 19.4. The molecule has 4 heteroatoms. The number of alkyl halides is 3. The van der Waals surface area contributed by atoms with E-state index in [1.807, 2.05) is 0 Å². The van der Waals surface area contributed by atoms with Crippen molar-refractivity contribution in [2.75, 3.05) is 0 Å². The van der Waals surface area contributed by atoms with Crippen molar-refractivity contribution in [1.29, 1.82) is 0 Å². The zero-order chi connectivity index (χ0) is 14.1. The third-order valence-electron chi connectivity index (χ3n) is 5.08. The fourth-order valence-electron chi connectivity index (χ4n) is 3.73. The molecule has 0 spiro atoms. The summed E-state index contributed by atoms with van der Waals surface area (Å²) in [7, 11) is 0. The molecule has 2 aliphatic rings. The minimum atomic E-state index is -4.01. The second-order valence-electron chi connectivity index (χ2n) is 7.06. The molecule has 2 saturated carbocycles. The van der Waals surface area contributed by atoms with E-state index in [9.17, 15) is 13.2 Å². The molecule has 0 saturated heterocycles. The van der Waals surface area contributed by atoms with E-state index in [0.29, 0.717) is 18.9 Å². The smallest absolute Gasteiger partial charge is 0.311 e. The van der Waals surface area contributed by atoms with Crippen molar-refractivity contribution in [1.82, 2.24) is 5.32 Å². The Kier molecular flexibility index (Phi) is 4.49. The van der Waals surface area contributed by atoms with Crippen LogP contribution in [0.25, 0.3) is 0 Å². The average molecular weight is 277 g/mol. The minimum absolute atomic E-state index is 0.0581. The highest BCUT2D eigenvalue weighted by molar-refractivity contribution is 4.92. The predicted octanol–water partition coefficient (Wildman–Crippen LogP) is 4.67. The highest BCUT2D eigenvalue weighted by Crippen LogP contribution is 2.40. The normalized spacial score (nSPS) is 36.2. The molecule has 0 aromatic heterocycles. The second kappa shape index (κ2) is 5.63. The zero-order valence-electron chi connectivity index (χ0n) is 12.0. The first-order valence-electron chi connectivity index (χ1n) is 7.62. The first kappa shape index (κ1) is 15.1. The lowest BCUT2D eigenvalue weighted by Crippen LogP contribution is -2.50. The Labute approximate surface area is 114 Å². The molecule has 0 radical (unpaired) electrons. The number of halogens is 3. The van der Waals surface area contributed by atoms with Gasteiger partial charge in [-0.2, -0.15) is 13.2 Å². The summed E-state index contributed by atoms with van der Waals surface area (Å²) >= 11 is 0. The molecule has 2 fully saturated rings. The van der Waals surface area contributed by atoms with Crippen molar-refractivity contribution in [2.45, 2.75) is 83.5 Å². The van der Waals surface area contributed by atoms with Gasteiger partial charge < -0.3 is 5.32 Å². The molecule has 0 aromatic carbocycles. The molecule has 0 aromatic rings. The van der Waals surface area contributed by atoms with Crippen molar-refractivity contribution >= 4 is 0 Å². The summed E-state index contributed by atoms with van der Waals surface area (Å²) < 4.78 is 38.5. The standard InChI is InChI=1S/C15H26F3N/c1-14(2)9-4-3-8-13(14)19-12-7-5-6-11(10-12)15(16,17)18/h11-13,19H,3-10H2,1-2H3. The third kappa shape index (κ3) is 3.87. The largest absolute Gasteiger partial charge is 0.391 e. The van der Waals surface area contributed by atoms with Crippen LogP contribution < -0.4 is 5.32 Å². The van der Waals surface area contributed by atoms with Gasteiger partial charge in [-0.3, -0.25) is 0 Å². The SMILES string of the molecule is CC1(C)CCCCC1NC1CCCC(C(F)(F)F)C1. The number of hydrogen-bond donors (Lipinski definition) is 1. The van der Waals surface area contributed by atoms with E-state index in [0.717, 1.165) is 12.8 Å². The topological polar surface area (TPSA) is 12.0 Å². The summed E-state index contributed by atoms with van der Waals surface area (Å²) in [4.78, 5) is 0. The van der Waals surface area contributed by atoms with Crippen LogP contribution in [0, 0.1) is 11.3 Å². The maximum Gasteiger partial charge on any atom is 0.391 e. The van der Waals surface area contributed by atoms with E-state index < -0.39 is 12.1 Å². The predicted molar refractivity (Wildman–Crippen MR) is 71.0 cm³/mol. The van der Waals surface area contributed by atoms with E-state index >= 15 is 0 Å². The van der Waals surface area contributed by atoms with Crippen molar-refractivity contribution in [3.8, 4) is 0 Å². The fourth-order valence-corrected chi connectivity index (χ4v) is 3.73. The molecule has 112 valence electrons. The van der Waals surface area contributed by atoms with Crippen molar-refractivity contribution in [3.05, 3.63) is 0 Å². The quantitative estimate of drug-likeness (QED) is 0.773.